The van der Waals surface area contributed by atoms with E-state index >= 15 is 0 Å². The zero-order valence-electron chi connectivity index (χ0n) is 13.5. The summed E-state index contributed by atoms with van der Waals surface area (Å²) >= 11 is 3.40. The fraction of sp³-hybridized carbons (Fsp3) is 0.0588. The molecule has 0 saturated heterocycles. The Bertz CT molecular complexity index is 1140. The Morgan fingerprint density at radius 3 is 2.85 bits per heavy atom. The minimum absolute atomic E-state index is 0.158. The van der Waals surface area contributed by atoms with Gasteiger partial charge in [-0.2, -0.15) is 4.68 Å². The van der Waals surface area contributed by atoms with E-state index in [4.69, 9.17) is 0 Å². The van der Waals surface area contributed by atoms with Crippen molar-refractivity contribution in [2.24, 2.45) is 0 Å². The number of amides is 1. The largest absolute Gasteiger partial charge is 0.350 e. The number of hydrogen-bond acceptors (Lipinski definition) is 4. The number of H-pyrrole nitrogens is 1. The summed E-state index contributed by atoms with van der Waals surface area (Å²) in [6.45, 7) is 1.66. The quantitative estimate of drug-likeness (QED) is 0.535. The van der Waals surface area contributed by atoms with Crippen molar-refractivity contribution in [3.05, 3.63) is 64.3 Å². The Kier molecular flexibility index (Phi) is 4.00. The van der Waals surface area contributed by atoms with Crippen LogP contribution in [0.5, 0.6) is 0 Å². The monoisotopic (exact) mass is 414 g/mol. The van der Waals surface area contributed by atoms with Gasteiger partial charge in [0.25, 0.3) is 5.91 Å². The Balaban J connectivity index is 1.64. The molecule has 0 bridgehead atoms. The minimum Gasteiger partial charge on any atom is -0.350 e. The van der Waals surface area contributed by atoms with E-state index < -0.39 is 5.82 Å². The predicted molar refractivity (Wildman–Crippen MR) is 97.8 cm³/mol. The van der Waals surface area contributed by atoms with Crippen molar-refractivity contribution in [3.63, 3.8) is 0 Å². The van der Waals surface area contributed by atoms with E-state index in [1.807, 2.05) is 18.2 Å². The molecule has 4 aromatic rings. The summed E-state index contributed by atoms with van der Waals surface area (Å²) in [5.74, 6) is -0.384. The Morgan fingerprint density at radius 1 is 1.23 bits per heavy atom. The number of carbonyl (C=O) groups excluding carboxylic acids is 1. The van der Waals surface area contributed by atoms with Crippen molar-refractivity contribution in [1.29, 1.82) is 0 Å². The first kappa shape index (κ1) is 16.4. The molecule has 1 amide bonds. The number of benzene rings is 2. The molecule has 0 spiro atoms. The maximum Gasteiger partial charge on any atom is 0.272 e. The van der Waals surface area contributed by atoms with Gasteiger partial charge in [-0.1, -0.05) is 22.0 Å². The number of halogens is 2. The number of tetrazole rings is 1. The fourth-order valence-electron chi connectivity index (χ4n) is 2.63. The normalized spacial score (nSPS) is 11.0. The Hall–Kier alpha value is -3.07. The highest BCUT2D eigenvalue weighted by molar-refractivity contribution is 9.10. The van der Waals surface area contributed by atoms with Crippen LogP contribution in [0, 0.1) is 12.7 Å². The van der Waals surface area contributed by atoms with E-state index in [9.17, 15) is 9.18 Å². The maximum absolute atomic E-state index is 14.1. The van der Waals surface area contributed by atoms with Gasteiger partial charge in [0.05, 0.1) is 0 Å². The van der Waals surface area contributed by atoms with Gasteiger partial charge in [0.1, 0.15) is 17.2 Å². The second kappa shape index (κ2) is 6.34. The topological polar surface area (TPSA) is 88.5 Å². The molecule has 2 N–H and O–H groups in total. The molecule has 130 valence electrons. The predicted octanol–water partition coefficient (Wildman–Crippen LogP) is 3.61. The van der Waals surface area contributed by atoms with Crippen LogP contribution in [0.2, 0.25) is 0 Å². The summed E-state index contributed by atoms with van der Waals surface area (Å²) in [6, 6.07) is 11.7. The van der Waals surface area contributed by atoms with Gasteiger partial charge >= 0.3 is 0 Å². The van der Waals surface area contributed by atoms with Gasteiger partial charge in [-0.25, -0.2) is 4.39 Å². The highest BCUT2D eigenvalue weighted by atomic mass is 79.9. The zero-order valence-corrected chi connectivity index (χ0v) is 15.1. The van der Waals surface area contributed by atoms with Crippen molar-refractivity contribution >= 4 is 38.4 Å². The number of rotatable bonds is 3. The number of fused-ring (bicyclic) bond motifs is 1. The molecule has 7 nitrogen and oxygen atoms in total. The van der Waals surface area contributed by atoms with Gasteiger partial charge in [0.2, 0.25) is 0 Å². The van der Waals surface area contributed by atoms with Gasteiger partial charge in [-0.3, -0.25) is 4.79 Å². The molecule has 0 unspecified atom stereocenters. The lowest BCUT2D eigenvalue weighted by molar-refractivity contribution is 0.102. The summed E-state index contributed by atoms with van der Waals surface area (Å²) in [4.78, 5) is 15.6. The molecule has 2 aromatic carbocycles. The van der Waals surface area contributed by atoms with Crippen molar-refractivity contribution in [2.45, 2.75) is 6.92 Å². The number of anilines is 1. The lowest BCUT2D eigenvalue weighted by Gasteiger charge is -2.08. The van der Waals surface area contributed by atoms with E-state index in [1.54, 1.807) is 13.0 Å². The molecule has 0 saturated carbocycles. The molecule has 2 heterocycles. The second-order valence-corrected chi connectivity index (χ2v) is 6.59. The van der Waals surface area contributed by atoms with E-state index in [2.05, 4.69) is 41.8 Å². The van der Waals surface area contributed by atoms with Crippen molar-refractivity contribution in [1.82, 2.24) is 25.2 Å². The molecule has 0 radical (unpaired) electrons. The smallest absolute Gasteiger partial charge is 0.272 e. The van der Waals surface area contributed by atoms with Crippen LogP contribution in [0.15, 0.2) is 46.9 Å². The number of carbonyl (C=O) groups is 1. The molecule has 9 heteroatoms. The van der Waals surface area contributed by atoms with Crippen LogP contribution in [-0.4, -0.2) is 31.1 Å². The van der Waals surface area contributed by atoms with Gasteiger partial charge in [0.15, 0.2) is 5.82 Å². The number of aromatic amines is 1. The molecule has 0 aliphatic rings. The lowest BCUT2D eigenvalue weighted by atomic mass is 10.2. The summed E-state index contributed by atoms with van der Waals surface area (Å²) in [5, 5.41) is 14.7. The fourth-order valence-corrected chi connectivity index (χ4v) is 2.99. The second-order valence-electron chi connectivity index (χ2n) is 5.67. The molecule has 4 rings (SSSR count). The molecular weight excluding hydrogens is 403 g/mol. The number of nitrogens with zero attached hydrogens (tertiary/aromatic N) is 4. The molecule has 0 aliphatic carbocycles. The minimum atomic E-state index is -0.492. The van der Waals surface area contributed by atoms with E-state index in [0.29, 0.717) is 17.2 Å². The summed E-state index contributed by atoms with van der Waals surface area (Å²) in [7, 11) is 0. The standard InChI is InChI=1S/C17H12BrFN6O/c1-9-22-23-24-25(9)16-8-12(4-5-13(16)19)20-17(26)15-6-10-2-3-11(18)7-14(10)21-15/h2-8,21H,1H3,(H,20,26). The van der Waals surface area contributed by atoms with E-state index in [0.717, 1.165) is 15.4 Å². The van der Waals surface area contributed by atoms with Gasteiger partial charge < -0.3 is 10.3 Å². The molecule has 0 atom stereocenters. The molecule has 0 aliphatic heterocycles. The van der Waals surface area contributed by atoms with Crippen LogP contribution in [0.4, 0.5) is 10.1 Å². The van der Waals surface area contributed by atoms with Gasteiger partial charge in [-0.05, 0) is 53.7 Å². The molecule has 26 heavy (non-hydrogen) atoms. The van der Waals surface area contributed by atoms with E-state index in [1.165, 1.54) is 22.9 Å². The average Bonchev–Trinajstić information content (AvgIpc) is 3.22. The van der Waals surface area contributed by atoms with Crippen LogP contribution < -0.4 is 5.32 Å². The van der Waals surface area contributed by atoms with Crippen molar-refractivity contribution < 1.29 is 9.18 Å². The van der Waals surface area contributed by atoms with Gasteiger partial charge in [-0.15, -0.1) is 5.10 Å². The Morgan fingerprint density at radius 2 is 2.08 bits per heavy atom. The highest BCUT2D eigenvalue weighted by Gasteiger charge is 2.14. The summed E-state index contributed by atoms with van der Waals surface area (Å²) in [5.41, 5.74) is 1.84. The number of hydrogen-bond donors (Lipinski definition) is 2. The third-order valence-corrected chi connectivity index (χ3v) is 4.38. The van der Waals surface area contributed by atoms with Gasteiger partial charge in [0, 0.05) is 21.1 Å². The Labute approximate surface area is 155 Å². The summed E-state index contributed by atoms with van der Waals surface area (Å²) in [6.07, 6.45) is 0. The number of aromatic nitrogens is 5. The number of nitrogens with one attached hydrogen (secondary N) is 2. The SMILES string of the molecule is Cc1nnnn1-c1cc(NC(=O)c2cc3ccc(Br)cc3[nH]2)ccc1F. The first-order valence-electron chi connectivity index (χ1n) is 7.66. The number of aryl methyl sites for hydroxylation is 1. The van der Waals surface area contributed by atoms with Crippen LogP contribution in [0.25, 0.3) is 16.6 Å². The molecular formula is C17H12BrFN6O. The highest BCUT2D eigenvalue weighted by Crippen LogP contribution is 2.22. The summed E-state index contributed by atoms with van der Waals surface area (Å²) < 4.78 is 16.3. The third kappa shape index (κ3) is 2.97. The molecule has 2 aromatic heterocycles. The molecule has 0 fully saturated rings. The zero-order chi connectivity index (χ0) is 18.3. The first-order valence-corrected chi connectivity index (χ1v) is 8.45. The van der Waals surface area contributed by atoms with Crippen LogP contribution in [0.1, 0.15) is 16.3 Å². The third-order valence-electron chi connectivity index (χ3n) is 3.89. The van der Waals surface area contributed by atoms with Crippen LogP contribution in [-0.2, 0) is 0 Å². The first-order chi connectivity index (χ1) is 12.5. The van der Waals surface area contributed by atoms with Crippen molar-refractivity contribution in [3.8, 4) is 5.69 Å². The maximum atomic E-state index is 14.1. The average molecular weight is 415 g/mol. The van der Waals surface area contributed by atoms with Crippen LogP contribution in [0.3, 0.4) is 0 Å². The van der Waals surface area contributed by atoms with Crippen LogP contribution >= 0.6 is 15.9 Å². The van der Waals surface area contributed by atoms with E-state index in [-0.39, 0.29) is 11.6 Å². The van der Waals surface area contributed by atoms with Crippen molar-refractivity contribution in [2.75, 3.05) is 5.32 Å². The lowest BCUT2D eigenvalue weighted by Crippen LogP contribution is -2.13.